The smallest absolute Gasteiger partial charge is 0.101 e. The van der Waals surface area contributed by atoms with Gasteiger partial charge >= 0.3 is 0 Å². The molecule has 1 atom stereocenters. The maximum absolute atomic E-state index is 5.97. The van der Waals surface area contributed by atoms with Crippen molar-refractivity contribution in [2.75, 3.05) is 0 Å². The van der Waals surface area contributed by atoms with E-state index in [2.05, 4.69) is 27.0 Å². The fourth-order valence-corrected chi connectivity index (χ4v) is 3.16. The van der Waals surface area contributed by atoms with Crippen LogP contribution in [0.2, 0.25) is 5.02 Å². The maximum atomic E-state index is 5.97. The Morgan fingerprint density at radius 1 is 1.33 bits per heavy atom. The topological polar surface area (TPSA) is 38.9 Å². The molecule has 0 bridgehead atoms. The molecule has 0 aliphatic heterocycles. The van der Waals surface area contributed by atoms with Crippen LogP contribution in [0.25, 0.3) is 0 Å². The summed E-state index contributed by atoms with van der Waals surface area (Å²) in [5.74, 6) is 0. The first-order valence-corrected chi connectivity index (χ1v) is 7.39. The predicted molar refractivity (Wildman–Crippen MR) is 80.1 cm³/mol. The first-order valence-electron chi connectivity index (χ1n) is 5.40. The van der Waals surface area contributed by atoms with E-state index in [1.54, 1.807) is 18.0 Å². The van der Waals surface area contributed by atoms with Gasteiger partial charge in [-0.1, -0.05) is 45.4 Å². The van der Waals surface area contributed by atoms with Crippen molar-refractivity contribution in [3.8, 4) is 0 Å². The van der Waals surface area contributed by atoms with Gasteiger partial charge in [0.05, 0.1) is 5.02 Å². The van der Waals surface area contributed by atoms with Crippen molar-refractivity contribution in [3.05, 3.63) is 51.6 Å². The molecule has 94 valence electrons. The molecule has 2 nitrogen and oxygen atoms in total. The van der Waals surface area contributed by atoms with Gasteiger partial charge in [-0.05, 0) is 36.8 Å². The SMILES string of the molecule is CC(N)c1ccc(Br)cc1Sc1ccc(Cl)cn1. The number of benzene rings is 1. The lowest BCUT2D eigenvalue weighted by Gasteiger charge is -2.12. The van der Waals surface area contributed by atoms with Crippen molar-refractivity contribution in [2.45, 2.75) is 22.9 Å². The lowest BCUT2D eigenvalue weighted by Crippen LogP contribution is -2.06. The Morgan fingerprint density at radius 3 is 2.72 bits per heavy atom. The third-order valence-electron chi connectivity index (χ3n) is 2.38. The third-order valence-corrected chi connectivity index (χ3v) is 4.12. The summed E-state index contributed by atoms with van der Waals surface area (Å²) in [6.45, 7) is 1.97. The quantitative estimate of drug-likeness (QED) is 0.880. The number of pyridine rings is 1. The van der Waals surface area contributed by atoms with Crippen LogP contribution in [0.3, 0.4) is 0 Å². The lowest BCUT2D eigenvalue weighted by molar-refractivity contribution is 0.796. The highest BCUT2D eigenvalue weighted by atomic mass is 79.9. The molecule has 0 amide bonds. The summed E-state index contributed by atoms with van der Waals surface area (Å²) in [6, 6.07) is 9.82. The highest BCUT2D eigenvalue weighted by molar-refractivity contribution is 9.10. The number of hydrogen-bond donors (Lipinski definition) is 1. The lowest BCUT2D eigenvalue weighted by atomic mass is 10.1. The molecule has 2 N–H and O–H groups in total. The Labute approximate surface area is 124 Å². The minimum Gasteiger partial charge on any atom is -0.324 e. The van der Waals surface area contributed by atoms with Crippen LogP contribution in [0, 0.1) is 0 Å². The molecule has 0 fully saturated rings. The summed E-state index contributed by atoms with van der Waals surface area (Å²) in [5.41, 5.74) is 7.08. The maximum Gasteiger partial charge on any atom is 0.101 e. The molecule has 0 saturated carbocycles. The number of halogens is 2. The van der Waals surface area contributed by atoms with Crippen LogP contribution in [0.15, 0.2) is 50.9 Å². The van der Waals surface area contributed by atoms with Crippen molar-refractivity contribution in [2.24, 2.45) is 5.73 Å². The zero-order chi connectivity index (χ0) is 13.1. The largest absolute Gasteiger partial charge is 0.324 e. The van der Waals surface area contributed by atoms with E-state index in [0.717, 1.165) is 20.0 Å². The van der Waals surface area contributed by atoms with Gasteiger partial charge in [0, 0.05) is 21.6 Å². The average Bonchev–Trinajstić information content (AvgIpc) is 2.32. The van der Waals surface area contributed by atoms with Gasteiger partial charge in [0.2, 0.25) is 0 Å². The Balaban J connectivity index is 2.32. The van der Waals surface area contributed by atoms with Gasteiger partial charge in [-0.3, -0.25) is 0 Å². The first kappa shape index (κ1) is 13.9. The second-order valence-electron chi connectivity index (χ2n) is 3.89. The van der Waals surface area contributed by atoms with Crippen LogP contribution in [0.5, 0.6) is 0 Å². The molecule has 0 saturated heterocycles. The number of hydrogen-bond acceptors (Lipinski definition) is 3. The first-order chi connectivity index (χ1) is 8.56. The normalized spacial score (nSPS) is 12.4. The van der Waals surface area contributed by atoms with Crippen molar-refractivity contribution in [3.63, 3.8) is 0 Å². The van der Waals surface area contributed by atoms with E-state index in [-0.39, 0.29) is 6.04 Å². The minimum absolute atomic E-state index is 0.00657. The zero-order valence-corrected chi connectivity index (χ0v) is 12.9. The summed E-state index contributed by atoms with van der Waals surface area (Å²) in [7, 11) is 0. The highest BCUT2D eigenvalue weighted by Crippen LogP contribution is 2.34. The Kier molecular flexibility index (Phi) is 4.67. The van der Waals surface area contributed by atoms with Crippen LogP contribution in [0.1, 0.15) is 18.5 Å². The molecule has 0 aliphatic rings. The van der Waals surface area contributed by atoms with Crippen molar-refractivity contribution >= 4 is 39.3 Å². The molecular weight excluding hydrogens is 332 g/mol. The van der Waals surface area contributed by atoms with Gasteiger partial charge in [0.1, 0.15) is 5.03 Å². The summed E-state index contributed by atoms with van der Waals surface area (Å²) < 4.78 is 1.03. The summed E-state index contributed by atoms with van der Waals surface area (Å²) >= 11 is 10.9. The molecule has 18 heavy (non-hydrogen) atoms. The van der Waals surface area contributed by atoms with Crippen LogP contribution in [-0.2, 0) is 0 Å². The zero-order valence-electron chi connectivity index (χ0n) is 9.73. The highest BCUT2D eigenvalue weighted by Gasteiger charge is 2.09. The number of nitrogens with zero attached hydrogens (tertiary/aromatic N) is 1. The molecule has 0 spiro atoms. The van der Waals surface area contributed by atoms with Gasteiger partial charge in [-0.15, -0.1) is 0 Å². The second kappa shape index (κ2) is 6.06. The van der Waals surface area contributed by atoms with Gasteiger partial charge in [-0.2, -0.15) is 0 Å². The molecular formula is C13H12BrClN2S. The molecule has 1 unspecified atom stereocenters. The van der Waals surface area contributed by atoms with Crippen molar-refractivity contribution < 1.29 is 0 Å². The third kappa shape index (κ3) is 3.48. The monoisotopic (exact) mass is 342 g/mol. The van der Waals surface area contributed by atoms with Crippen LogP contribution < -0.4 is 5.73 Å². The fourth-order valence-electron chi connectivity index (χ4n) is 1.51. The average molecular weight is 344 g/mol. The molecule has 1 heterocycles. The van der Waals surface area contributed by atoms with Gasteiger partial charge < -0.3 is 5.73 Å². The summed E-state index contributed by atoms with van der Waals surface area (Å²) in [5, 5.41) is 1.54. The standard InChI is InChI=1S/C13H12BrClN2S/c1-8(16)11-4-2-9(14)6-12(11)18-13-5-3-10(15)7-17-13/h2-8H,16H2,1H3. The fraction of sp³-hybridized carbons (Fsp3) is 0.154. The minimum atomic E-state index is -0.00657. The number of aromatic nitrogens is 1. The van der Waals surface area contributed by atoms with Crippen molar-refractivity contribution in [1.82, 2.24) is 4.98 Å². The second-order valence-corrected chi connectivity index (χ2v) is 6.30. The molecule has 1 aromatic heterocycles. The van der Waals surface area contributed by atoms with E-state index in [9.17, 15) is 0 Å². The van der Waals surface area contributed by atoms with Crippen LogP contribution >= 0.6 is 39.3 Å². The van der Waals surface area contributed by atoms with E-state index in [1.165, 1.54) is 0 Å². The summed E-state index contributed by atoms with van der Waals surface area (Å²) in [6.07, 6.45) is 1.65. The molecule has 0 aliphatic carbocycles. The molecule has 2 rings (SSSR count). The number of rotatable bonds is 3. The molecule has 1 aromatic carbocycles. The van der Waals surface area contributed by atoms with Gasteiger partial charge in [-0.25, -0.2) is 4.98 Å². The van der Waals surface area contributed by atoms with Crippen LogP contribution in [0.4, 0.5) is 0 Å². The van der Waals surface area contributed by atoms with Gasteiger partial charge in [0.25, 0.3) is 0 Å². The van der Waals surface area contributed by atoms with E-state index in [4.69, 9.17) is 17.3 Å². The van der Waals surface area contributed by atoms with E-state index in [1.807, 2.05) is 31.2 Å². The van der Waals surface area contributed by atoms with E-state index >= 15 is 0 Å². The summed E-state index contributed by atoms with van der Waals surface area (Å²) in [4.78, 5) is 5.38. The van der Waals surface area contributed by atoms with E-state index in [0.29, 0.717) is 5.02 Å². The molecule has 0 radical (unpaired) electrons. The predicted octanol–water partition coefficient (Wildman–Crippen LogP) is 4.67. The van der Waals surface area contributed by atoms with Crippen LogP contribution in [-0.4, -0.2) is 4.98 Å². The van der Waals surface area contributed by atoms with Gasteiger partial charge in [0.15, 0.2) is 0 Å². The Bertz CT molecular complexity index is 543. The van der Waals surface area contributed by atoms with E-state index < -0.39 is 0 Å². The Morgan fingerprint density at radius 2 is 2.11 bits per heavy atom. The molecule has 2 aromatic rings. The molecule has 5 heteroatoms. The Hall–Kier alpha value is -0.550. The van der Waals surface area contributed by atoms with Crippen molar-refractivity contribution in [1.29, 1.82) is 0 Å². The number of nitrogens with two attached hydrogens (primary N) is 1.